The molecule has 138 valence electrons. The molecular formula is C18H15N3O4S2. The van der Waals surface area contributed by atoms with E-state index in [0.29, 0.717) is 11.4 Å². The van der Waals surface area contributed by atoms with Crippen LogP contribution in [0.25, 0.3) is 11.4 Å². The molecule has 0 bridgehead atoms. The number of carboxylic acid groups (broad SMARTS) is 1. The number of benzene rings is 2. The summed E-state index contributed by atoms with van der Waals surface area (Å²) in [6.07, 6.45) is 0.120. The van der Waals surface area contributed by atoms with Crippen LogP contribution in [0.3, 0.4) is 0 Å². The molecule has 0 amide bonds. The average molecular weight is 401 g/mol. The molecule has 2 heterocycles. The van der Waals surface area contributed by atoms with Crippen molar-refractivity contribution in [2.24, 2.45) is 0 Å². The Labute approximate surface area is 160 Å². The molecule has 0 aliphatic carbocycles. The topological polar surface area (TPSA) is 100 Å². The molecule has 9 heteroatoms. The molecule has 0 saturated carbocycles. The minimum atomic E-state index is -4.09. The third-order valence-electron chi connectivity index (χ3n) is 4.46. The van der Waals surface area contributed by atoms with E-state index in [1.165, 1.54) is 0 Å². The highest BCUT2D eigenvalue weighted by molar-refractivity contribution is 7.91. The summed E-state index contributed by atoms with van der Waals surface area (Å²) < 4.78 is 31.2. The van der Waals surface area contributed by atoms with E-state index >= 15 is 0 Å². The second-order valence-electron chi connectivity index (χ2n) is 6.13. The lowest BCUT2D eigenvalue weighted by Gasteiger charge is -2.32. The number of rotatable bonds is 4. The molecule has 1 aromatic heterocycles. The number of carbonyl (C=O) groups is 1. The molecule has 2 aromatic carbocycles. The zero-order valence-electron chi connectivity index (χ0n) is 14.0. The lowest BCUT2D eigenvalue weighted by molar-refractivity contribution is -0.141. The summed E-state index contributed by atoms with van der Waals surface area (Å²) >= 11 is 0.756. The van der Waals surface area contributed by atoms with E-state index in [4.69, 9.17) is 0 Å². The lowest BCUT2D eigenvalue weighted by Crippen LogP contribution is -2.48. The Hall–Kier alpha value is -2.62. The molecule has 7 nitrogen and oxygen atoms in total. The number of hydrogen-bond acceptors (Lipinski definition) is 6. The molecule has 1 aliphatic heterocycles. The predicted octanol–water partition coefficient (Wildman–Crippen LogP) is 2.41. The van der Waals surface area contributed by atoms with Crippen molar-refractivity contribution in [1.82, 2.24) is 13.7 Å². The summed E-state index contributed by atoms with van der Waals surface area (Å²) in [4.78, 5) is 15.9. The normalized spacial score (nSPS) is 17.4. The van der Waals surface area contributed by atoms with Crippen LogP contribution in [-0.4, -0.2) is 39.2 Å². The molecule has 0 radical (unpaired) electrons. The summed E-state index contributed by atoms with van der Waals surface area (Å²) in [5.74, 6) is -0.871. The Kier molecular flexibility index (Phi) is 4.50. The van der Waals surface area contributed by atoms with Crippen molar-refractivity contribution >= 4 is 27.5 Å². The highest BCUT2D eigenvalue weighted by Crippen LogP contribution is 2.31. The van der Waals surface area contributed by atoms with Crippen molar-refractivity contribution in [2.75, 3.05) is 0 Å². The summed E-state index contributed by atoms with van der Waals surface area (Å²) in [5, 5.41) is 9.59. The van der Waals surface area contributed by atoms with Gasteiger partial charge in [0.05, 0.1) is 0 Å². The fourth-order valence-electron chi connectivity index (χ4n) is 3.08. The lowest BCUT2D eigenvalue weighted by atomic mass is 9.96. The van der Waals surface area contributed by atoms with Gasteiger partial charge in [-0.3, -0.25) is 4.79 Å². The first-order valence-corrected chi connectivity index (χ1v) is 10.4. The van der Waals surface area contributed by atoms with Gasteiger partial charge in [-0.2, -0.15) is 8.68 Å². The zero-order valence-corrected chi connectivity index (χ0v) is 15.7. The summed E-state index contributed by atoms with van der Waals surface area (Å²) in [6.45, 7) is -0.00424. The van der Waals surface area contributed by atoms with Gasteiger partial charge >= 0.3 is 5.97 Å². The van der Waals surface area contributed by atoms with Crippen LogP contribution in [0.15, 0.2) is 58.9 Å². The number of fused-ring (bicyclic) bond motifs is 1. The summed E-state index contributed by atoms with van der Waals surface area (Å²) in [6, 6.07) is 15.1. The molecule has 1 N–H and O–H groups in total. The number of aliphatic carboxylic acids is 1. The minimum absolute atomic E-state index is 0.00424. The van der Waals surface area contributed by atoms with Crippen LogP contribution in [-0.2, 0) is 27.8 Å². The van der Waals surface area contributed by atoms with E-state index in [0.717, 1.165) is 27.0 Å². The molecule has 3 aromatic rings. The highest BCUT2D eigenvalue weighted by atomic mass is 32.2. The summed E-state index contributed by atoms with van der Waals surface area (Å²) in [5.41, 5.74) is 2.35. The average Bonchev–Trinajstić information content (AvgIpc) is 3.19. The van der Waals surface area contributed by atoms with Gasteiger partial charge in [-0.25, -0.2) is 13.4 Å². The van der Waals surface area contributed by atoms with Gasteiger partial charge in [-0.1, -0.05) is 54.6 Å². The second-order valence-corrected chi connectivity index (χ2v) is 8.94. The first kappa shape index (κ1) is 17.8. The molecule has 0 spiro atoms. The zero-order chi connectivity index (χ0) is 19.0. The van der Waals surface area contributed by atoms with E-state index in [1.54, 1.807) is 12.1 Å². The van der Waals surface area contributed by atoms with E-state index < -0.39 is 22.0 Å². The van der Waals surface area contributed by atoms with Gasteiger partial charge in [-0.05, 0) is 22.7 Å². The van der Waals surface area contributed by atoms with Crippen molar-refractivity contribution in [1.29, 1.82) is 0 Å². The summed E-state index contributed by atoms with van der Waals surface area (Å²) in [7, 11) is -4.09. The maximum absolute atomic E-state index is 13.1. The minimum Gasteiger partial charge on any atom is -0.480 e. The first-order valence-electron chi connectivity index (χ1n) is 8.17. The molecule has 0 unspecified atom stereocenters. The van der Waals surface area contributed by atoms with Gasteiger partial charge < -0.3 is 5.11 Å². The van der Waals surface area contributed by atoms with Crippen molar-refractivity contribution in [2.45, 2.75) is 23.3 Å². The number of carboxylic acids is 1. The Morgan fingerprint density at radius 3 is 2.44 bits per heavy atom. The standard InChI is InChI=1S/C18H15N3O4S2/c22-17(23)15-10-13-8-4-5-9-14(13)11-21(15)27(24,25)18-19-16(20-26-18)12-6-2-1-3-7-12/h1-9,15H,10-11H2,(H,22,23)/t15-/m1/s1. The first-order chi connectivity index (χ1) is 13.0. The van der Waals surface area contributed by atoms with Gasteiger partial charge in [0.2, 0.25) is 4.34 Å². The molecule has 4 rings (SSSR count). The monoisotopic (exact) mass is 401 g/mol. The Bertz CT molecular complexity index is 1100. The smallest absolute Gasteiger partial charge is 0.322 e. The molecule has 1 aliphatic rings. The molecule has 0 fully saturated rings. The van der Waals surface area contributed by atoms with Crippen LogP contribution in [0.1, 0.15) is 11.1 Å². The van der Waals surface area contributed by atoms with Crippen molar-refractivity contribution in [3.63, 3.8) is 0 Å². The van der Waals surface area contributed by atoms with E-state index in [1.807, 2.05) is 42.5 Å². The Balaban J connectivity index is 1.72. The highest BCUT2D eigenvalue weighted by Gasteiger charge is 2.41. The molecular weight excluding hydrogens is 386 g/mol. The van der Waals surface area contributed by atoms with Crippen LogP contribution in [0, 0.1) is 0 Å². The van der Waals surface area contributed by atoms with E-state index in [-0.39, 0.29) is 17.3 Å². The van der Waals surface area contributed by atoms with Gasteiger partial charge in [0.1, 0.15) is 6.04 Å². The third kappa shape index (κ3) is 3.25. The molecule has 1 atom stereocenters. The second kappa shape index (κ2) is 6.84. The maximum atomic E-state index is 13.1. The van der Waals surface area contributed by atoms with Crippen molar-refractivity contribution < 1.29 is 18.3 Å². The van der Waals surface area contributed by atoms with Crippen LogP contribution >= 0.6 is 11.5 Å². The maximum Gasteiger partial charge on any atom is 0.322 e. The van der Waals surface area contributed by atoms with Crippen molar-refractivity contribution in [3.05, 3.63) is 65.7 Å². The van der Waals surface area contributed by atoms with Gasteiger partial charge in [0.15, 0.2) is 5.82 Å². The fraction of sp³-hybridized carbons (Fsp3) is 0.167. The SMILES string of the molecule is O=C(O)[C@H]1Cc2ccccc2CN1S(=O)(=O)c1nc(-c2ccccc2)ns1. The van der Waals surface area contributed by atoms with Crippen LogP contribution in [0.2, 0.25) is 0 Å². The fourth-order valence-corrected chi connectivity index (χ4v) is 5.51. The third-order valence-corrected chi connectivity index (χ3v) is 7.36. The van der Waals surface area contributed by atoms with Gasteiger partial charge in [0, 0.05) is 18.5 Å². The van der Waals surface area contributed by atoms with Crippen molar-refractivity contribution in [3.8, 4) is 11.4 Å². The Morgan fingerprint density at radius 2 is 1.74 bits per heavy atom. The van der Waals surface area contributed by atoms with Crippen LogP contribution < -0.4 is 0 Å². The predicted molar refractivity (Wildman–Crippen MR) is 99.6 cm³/mol. The quantitative estimate of drug-likeness (QED) is 0.721. The van der Waals surface area contributed by atoms with E-state index in [2.05, 4.69) is 9.36 Å². The molecule has 0 saturated heterocycles. The van der Waals surface area contributed by atoms with Gasteiger partial charge in [0.25, 0.3) is 10.0 Å². The number of sulfonamides is 1. The van der Waals surface area contributed by atoms with E-state index in [9.17, 15) is 18.3 Å². The number of aromatic nitrogens is 2. The largest absolute Gasteiger partial charge is 0.480 e. The number of hydrogen-bond donors (Lipinski definition) is 1. The van der Waals surface area contributed by atoms with Gasteiger partial charge in [-0.15, -0.1) is 0 Å². The number of nitrogens with zero attached hydrogens (tertiary/aromatic N) is 3. The van der Waals surface area contributed by atoms with Crippen LogP contribution in [0.5, 0.6) is 0 Å². The Morgan fingerprint density at radius 1 is 1.07 bits per heavy atom. The van der Waals surface area contributed by atoms with Crippen LogP contribution in [0.4, 0.5) is 0 Å². The molecule has 27 heavy (non-hydrogen) atoms.